The van der Waals surface area contributed by atoms with E-state index >= 15 is 0 Å². The first-order valence-corrected chi connectivity index (χ1v) is 6.77. The number of halogens is 1. The van der Waals surface area contributed by atoms with Crippen LogP contribution in [-0.4, -0.2) is 18.6 Å². The predicted octanol–water partition coefficient (Wildman–Crippen LogP) is 2.96. The topological polar surface area (TPSA) is 64.3 Å². The molecular weight excluding hydrogens is 276 g/mol. The Morgan fingerprint density at radius 2 is 2.00 bits per heavy atom. The zero-order valence-corrected chi connectivity index (χ0v) is 12.8. The van der Waals surface area contributed by atoms with E-state index in [1.54, 1.807) is 7.11 Å². The highest BCUT2D eigenvalue weighted by Crippen LogP contribution is 2.32. The van der Waals surface area contributed by atoms with Crippen LogP contribution in [-0.2, 0) is 4.79 Å². The highest BCUT2D eigenvalue weighted by Gasteiger charge is 2.37. The number of amides is 1. The van der Waals surface area contributed by atoms with Crippen LogP contribution in [0.1, 0.15) is 32.6 Å². The second-order valence-corrected chi connectivity index (χ2v) is 5.52. The molecule has 1 aliphatic rings. The zero-order chi connectivity index (χ0) is 13.9. The van der Waals surface area contributed by atoms with E-state index in [9.17, 15) is 4.79 Å². The van der Waals surface area contributed by atoms with Gasteiger partial charge < -0.3 is 15.8 Å². The van der Waals surface area contributed by atoms with Crippen molar-refractivity contribution in [1.29, 1.82) is 0 Å². The first-order valence-electron chi connectivity index (χ1n) is 6.77. The van der Waals surface area contributed by atoms with Gasteiger partial charge in [0.05, 0.1) is 13.0 Å². The van der Waals surface area contributed by atoms with Gasteiger partial charge in [-0.05, 0) is 44.0 Å². The first-order chi connectivity index (χ1) is 9.03. The van der Waals surface area contributed by atoms with Crippen LogP contribution in [0.25, 0.3) is 0 Å². The summed E-state index contributed by atoms with van der Waals surface area (Å²) in [6, 6.07) is 7.34. The Kier molecular flexibility index (Phi) is 5.84. The van der Waals surface area contributed by atoms with E-state index in [0.29, 0.717) is 0 Å². The molecule has 2 atom stereocenters. The van der Waals surface area contributed by atoms with Gasteiger partial charge in [0.1, 0.15) is 5.75 Å². The van der Waals surface area contributed by atoms with E-state index in [-0.39, 0.29) is 24.2 Å². The predicted molar refractivity (Wildman–Crippen MR) is 83.4 cm³/mol. The lowest BCUT2D eigenvalue weighted by Gasteiger charge is -2.37. The van der Waals surface area contributed by atoms with Crippen molar-refractivity contribution in [2.75, 3.05) is 12.4 Å². The molecule has 3 N–H and O–H groups in total. The van der Waals surface area contributed by atoms with Gasteiger partial charge in [0.25, 0.3) is 0 Å². The average Bonchev–Trinajstić information content (AvgIpc) is 2.39. The number of hydrogen-bond donors (Lipinski definition) is 2. The summed E-state index contributed by atoms with van der Waals surface area (Å²) in [7, 11) is 1.62. The number of ether oxygens (including phenoxy) is 1. The molecule has 20 heavy (non-hydrogen) atoms. The molecule has 1 amide bonds. The number of hydrogen-bond acceptors (Lipinski definition) is 3. The number of anilines is 1. The molecule has 2 rings (SSSR count). The number of carbonyl (C=O) groups is 1. The third kappa shape index (κ3) is 3.87. The van der Waals surface area contributed by atoms with E-state index in [1.165, 1.54) is 0 Å². The molecule has 112 valence electrons. The summed E-state index contributed by atoms with van der Waals surface area (Å²) in [5.74, 6) is 0.692. The third-order valence-electron chi connectivity index (χ3n) is 3.93. The average molecular weight is 299 g/mol. The van der Waals surface area contributed by atoms with Crippen molar-refractivity contribution in [3.63, 3.8) is 0 Å². The van der Waals surface area contributed by atoms with Gasteiger partial charge in [-0.3, -0.25) is 4.79 Å². The van der Waals surface area contributed by atoms with E-state index in [0.717, 1.165) is 37.1 Å². The number of rotatable bonds is 3. The van der Waals surface area contributed by atoms with E-state index in [4.69, 9.17) is 10.5 Å². The largest absolute Gasteiger partial charge is 0.497 e. The van der Waals surface area contributed by atoms with Crippen LogP contribution in [0, 0.1) is 5.92 Å². The van der Waals surface area contributed by atoms with Gasteiger partial charge >= 0.3 is 0 Å². The molecule has 0 aromatic heterocycles. The van der Waals surface area contributed by atoms with Gasteiger partial charge in [0.15, 0.2) is 0 Å². The van der Waals surface area contributed by atoms with Crippen LogP contribution in [0.4, 0.5) is 5.69 Å². The molecule has 1 aromatic carbocycles. The highest BCUT2D eigenvalue weighted by atomic mass is 35.5. The summed E-state index contributed by atoms with van der Waals surface area (Å²) < 4.78 is 5.09. The molecule has 2 unspecified atom stereocenters. The van der Waals surface area contributed by atoms with Gasteiger partial charge in [0, 0.05) is 11.2 Å². The summed E-state index contributed by atoms with van der Waals surface area (Å²) in [5.41, 5.74) is 6.63. The van der Waals surface area contributed by atoms with Crippen LogP contribution in [0.5, 0.6) is 5.75 Å². The van der Waals surface area contributed by atoms with Crippen LogP contribution in [0.3, 0.4) is 0 Å². The smallest absolute Gasteiger partial charge is 0.229 e. The van der Waals surface area contributed by atoms with Crippen LogP contribution < -0.4 is 15.8 Å². The van der Waals surface area contributed by atoms with Crippen LogP contribution in [0.15, 0.2) is 24.3 Å². The number of methoxy groups -OCH3 is 1. The Balaban J connectivity index is 0.00000200. The van der Waals surface area contributed by atoms with Crippen molar-refractivity contribution in [1.82, 2.24) is 0 Å². The maximum absolute atomic E-state index is 12.3. The Morgan fingerprint density at radius 1 is 1.35 bits per heavy atom. The number of benzene rings is 1. The maximum Gasteiger partial charge on any atom is 0.229 e. The fourth-order valence-corrected chi connectivity index (χ4v) is 2.69. The first kappa shape index (κ1) is 16.8. The lowest BCUT2D eigenvalue weighted by Crippen LogP contribution is -2.51. The van der Waals surface area contributed by atoms with Crippen molar-refractivity contribution in [3.8, 4) is 5.75 Å². The highest BCUT2D eigenvalue weighted by molar-refractivity contribution is 5.93. The van der Waals surface area contributed by atoms with Gasteiger partial charge in [-0.1, -0.05) is 12.8 Å². The molecule has 1 aliphatic carbocycles. The van der Waals surface area contributed by atoms with E-state index < -0.39 is 5.54 Å². The second kappa shape index (κ2) is 6.95. The van der Waals surface area contributed by atoms with E-state index in [2.05, 4.69) is 5.32 Å². The molecule has 4 nitrogen and oxygen atoms in total. The SMILES string of the molecule is COc1ccc(NC(=O)C2CCCCC2(C)N)cc1.Cl. The summed E-state index contributed by atoms with van der Waals surface area (Å²) in [4.78, 5) is 12.3. The minimum absolute atomic E-state index is 0. The zero-order valence-electron chi connectivity index (χ0n) is 12.0. The molecule has 0 saturated heterocycles. The van der Waals surface area contributed by atoms with Crippen molar-refractivity contribution in [3.05, 3.63) is 24.3 Å². The van der Waals surface area contributed by atoms with Crippen LogP contribution >= 0.6 is 12.4 Å². The van der Waals surface area contributed by atoms with Crippen molar-refractivity contribution < 1.29 is 9.53 Å². The third-order valence-corrected chi connectivity index (χ3v) is 3.93. The molecule has 1 saturated carbocycles. The Hall–Kier alpha value is -1.26. The molecule has 0 spiro atoms. The summed E-state index contributed by atoms with van der Waals surface area (Å²) in [5, 5.41) is 2.94. The lowest BCUT2D eigenvalue weighted by atomic mass is 9.74. The molecule has 0 radical (unpaired) electrons. The molecule has 1 aromatic rings. The van der Waals surface area contributed by atoms with Gasteiger partial charge in [0.2, 0.25) is 5.91 Å². The Bertz CT molecular complexity index is 446. The summed E-state index contributed by atoms with van der Waals surface area (Å²) >= 11 is 0. The molecule has 1 fully saturated rings. The molecule has 5 heteroatoms. The van der Waals surface area contributed by atoms with Crippen LogP contribution in [0.2, 0.25) is 0 Å². The fourth-order valence-electron chi connectivity index (χ4n) is 2.69. The van der Waals surface area contributed by atoms with Gasteiger partial charge in [-0.25, -0.2) is 0 Å². The second-order valence-electron chi connectivity index (χ2n) is 5.52. The summed E-state index contributed by atoms with van der Waals surface area (Å²) in [6.07, 6.45) is 3.97. The minimum atomic E-state index is -0.394. The number of nitrogens with two attached hydrogens (primary N) is 1. The molecule has 0 bridgehead atoms. The quantitative estimate of drug-likeness (QED) is 0.901. The molecule has 0 aliphatic heterocycles. The lowest BCUT2D eigenvalue weighted by molar-refractivity contribution is -0.122. The number of nitrogens with one attached hydrogen (secondary N) is 1. The minimum Gasteiger partial charge on any atom is -0.497 e. The Morgan fingerprint density at radius 3 is 2.55 bits per heavy atom. The number of carbonyl (C=O) groups excluding carboxylic acids is 1. The van der Waals surface area contributed by atoms with Gasteiger partial charge in [-0.2, -0.15) is 0 Å². The molecule has 0 heterocycles. The normalized spacial score (nSPS) is 25.4. The molecular formula is C15H23ClN2O2. The van der Waals surface area contributed by atoms with Crippen molar-refractivity contribution >= 4 is 24.0 Å². The summed E-state index contributed by atoms with van der Waals surface area (Å²) in [6.45, 7) is 1.98. The Labute approximate surface area is 126 Å². The fraction of sp³-hybridized carbons (Fsp3) is 0.533. The monoisotopic (exact) mass is 298 g/mol. The maximum atomic E-state index is 12.3. The van der Waals surface area contributed by atoms with Crippen molar-refractivity contribution in [2.45, 2.75) is 38.1 Å². The van der Waals surface area contributed by atoms with Gasteiger partial charge in [-0.15, -0.1) is 12.4 Å². The van der Waals surface area contributed by atoms with E-state index in [1.807, 2.05) is 31.2 Å². The standard InChI is InChI=1S/C15H22N2O2.ClH/c1-15(16)10-4-3-5-13(15)14(18)17-11-6-8-12(19-2)9-7-11;/h6-9,13H,3-5,10,16H2,1-2H3,(H,17,18);1H. The van der Waals surface area contributed by atoms with Crippen molar-refractivity contribution in [2.24, 2.45) is 11.7 Å².